The van der Waals surface area contributed by atoms with Crippen molar-refractivity contribution in [1.29, 1.82) is 0 Å². The molecule has 2 aromatic carbocycles. The third kappa shape index (κ3) is 3.17. The number of H-pyrrole nitrogens is 1. The number of rotatable bonds is 5. The average molecular weight is 324 g/mol. The molecule has 3 aromatic rings. The van der Waals surface area contributed by atoms with Crippen molar-refractivity contribution in [3.63, 3.8) is 0 Å². The van der Waals surface area contributed by atoms with Crippen LogP contribution in [0.3, 0.4) is 0 Å². The minimum absolute atomic E-state index is 0.271. The van der Waals surface area contributed by atoms with E-state index in [2.05, 4.69) is 67.5 Å². The summed E-state index contributed by atoms with van der Waals surface area (Å²) in [7, 11) is 0. The molecular formula is C20H24N2S. The summed E-state index contributed by atoms with van der Waals surface area (Å²) >= 11 is 5.12. The Morgan fingerprint density at radius 2 is 1.91 bits per heavy atom. The Balaban J connectivity index is 2.07. The largest absolute Gasteiger partial charge is 0.361 e. The number of hydrogen-bond donors (Lipinski definition) is 3. The summed E-state index contributed by atoms with van der Waals surface area (Å²) in [6.07, 6.45) is 3.81. The maximum atomic E-state index is 5.93. The fourth-order valence-electron chi connectivity index (χ4n) is 3.32. The van der Waals surface area contributed by atoms with E-state index in [1.165, 1.54) is 27.6 Å². The van der Waals surface area contributed by atoms with Gasteiger partial charge >= 0.3 is 0 Å². The number of para-hydroxylation sites is 1. The SMILES string of the molecule is Cc1ccc(C)c(CC(S)(CCN)c2c[nH]c3ccccc23)c1. The Hall–Kier alpha value is -1.71. The molecule has 23 heavy (non-hydrogen) atoms. The van der Waals surface area contributed by atoms with Crippen LogP contribution in [0.15, 0.2) is 48.7 Å². The highest BCUT2D eigenvalue weighted by molar-refractivity contribution is 7.81. The van der Waals surface area contributed by atoms with E-state index in [0.717, 1.165) is 18.4 Å². The number of nitrogens with one attached hydrogen (secondary N) is 1. The van der Waals surface area contributed by atoms with Crippen LogP contribution in [-0.2, 0) is 11.2 Å². The lowest BCUT2D eigenvalue weighted by atomic mass is 9.86. The van der Waals surface area contributed by atoms with Crippen LogP contribution in [0.5, 0.6) is 0 Å². The van der Waals surface area contributed by atoms with Crippen LogP contribution in [0.4, 0.5) is 0 Å². The topological polar surface area (TPSA) is 41.8 Å². The molecular weight excluding hydrogens is 300 g/mol. The number of thiol groups is 1. The van der Waals surface area contributed by atoms with Crippen molar-refractivity contribution in [2.75, 3.05) is 6.54 Å². The minimum Gasteiger partial charge on any atom is -0.361 e. The number of aryl methyl sites for hydroxylation is 2. The maximum Gasteiger partial charge on any atom is 0.0457 e. The predicted molar refractivity (Wildman–Crippen MR) is 102 cm³/mol. The molecule has 0 saturated heterocycles. The van der Waals surface area contributed by atoms with E-state index in [-0.39, 0.29) is 4.75 Å². The summed E-state index contributed by atoms with van der Waals surface area (Å²) in [5, 5.41) is 1.24. The molecule has 2 nitrogen and oxygen atoms in total. The first kappa shape index (κ1) is 16.2. The lowest BCUT2D eigenvalue weighted by Gasteiger charge is -2.29. The molecule has 0 amide bonds. The zero-order chi connectivity index (χ0) is 16.4. The Morgan fingerprint density at radius 3 is 2.70 bits per heavy atom. The molecule has 1 atom stereocenters. The van der Waals surface area contributed by atoms with Gasteiger partial charge in [0.25, 0.3) is 0 Å². The van der Waals surface area contributed by atoms with E-state index in [9.17, 15) is 0 Å². The van der Waals surface area contributed by atoms with E-state index in [1.807, 2.05) is 0 Å². The third-order valence-corrected chi connectivity index (χ3v) is 5.26. The van der Waals surface area contributed by atoms with Gasteiger partial charge in [0.2, 0.25) is 0 Å². The molecule has 0 aliphatic rings. The molecule has 0 saturated carbocycles. The number of hydrogen-bond acceptors (Lipinski definition) is 2. The van der Waals surface area contributed by atoms with Gasteiger partial charge < -0.3 is 10.7 Å². The van der Waals surface area contributed by atoms with Gasteiger partial charge in [-0.05, 0) is 56.0 Å². The Kier molecular flexibility index (Phi) is 4.51. The van der Waals surface area contributed by atoms with E-state index in [0.29, 0.717) is 6.54 Å². The zero-order valence-electron chi connectivity index (χ0n) is 13.8. The van der Waals surface area contributed by atoms with Crippen LogP contribution in [-0.4, -0.2) is 11.5 Å². The van der Waals surface area contributed by atoms with Gasteiger partial charge in [0.05, 0.1) is 0 Å². The molecule has 0 fully saturated rings. The van der Waals surface area contributed by atoms with Crippen molar-refractivity contribution >= 4 is 23.5 Å². The molecule has 1 heterocycles. The van der Waals surface area contributed by atoms with Gasteiger partial charge in [-0.1, -0.05) is 42.0 Å². The Bertz CT molecular complexity index is 821. The monoisotopic (exact) mass is 324 g/mol. The van der Waals surface area contributed by atoms with Crippen LogP contribution in [0.2, 0.25) is 0 Å². The fraction of sp³-hybridized carbons (Fsp3) is 0.300. The standard InChI is InChI=1S/C20H24N2S/c1-14-7-8-15(2)16(11-14)12-20(23,9-10-21)18-13-22-19-6-4-3-5-17(18)19/h3-8,11,13,22-23H,9-10,12,21H2,1-2H3. The third-order valence-electron chi connectivity index (χ3n) is 4.64. The van der Waals surface area contributed by atoms with Gasteiger partial charge in [0, 0.05) is 21.8 Å². The minimum atomic E-state index is -0.271. The predicted octanol–water partition coefficient (Wildman–Crippen LogP) is 4.50. The van der Waals surface area contributed by atoms with Gasteiger partial charge in [-0.2, -0.15) is 12.6 Å². The van der Waals surface area contributed by atoms with Crippen molar-refractivity contribution in [3.8, 4) is 0 Å². The average Bonchev–Trinajstić information content (AvgIpc) is 2.96. The summed E-state index contributed by atoms with van der Waals surface area (Å²) in [5.74, 6) is 0. The number of benzene rings is 2. The smallest absolute Gasteiger partial charge is 0.0457 e. The normalized spacial score (nSPS) is 14.1. The summed E-state index contributed by atoms with van der Waals surface area (Å²) < 4.78 is -0.271. The molecule has 3 N–H and O–H groups in total. The first-order chi connectivity index (χ1) is 11.0. The van der Waals surface area contributed by atoms with Gasteiger partial charge in [0.15, 0.2) is 0 Å². The zero-order valence-corrected chi connectivity index (χ0v) is 14.7. The van der Waals surface area contributed by atoms with E-state index in [4.69, 9.17) is 18.4 Å². The molecule has 0 radical (unpaired) electrons. The maximum absolute atomic E-state index is 5.93. The molecule has 0 aliphatic heterocycles. The molecule has 120 valence electrons. The van der Waals surface area contributed by atoms with Crippen LogP contribution in [0.1, 0.15) is 28.7 Å². The van der Waals surface area contributed by atoms with Crippen LogP contribution >= 0.6 is 12.6 Å². The van der Waals surface area contributed by atoms with Gasteiger partial charge in [-0.15, -0.1) is 0 Å². The molecule has 1 aromatic heterocycles. The second kappa shape index (κ2) is 6.42. The molecule has 0 aliphatic carbocycles. The molecule has 1 unspecified atom stereocenters. The summed E-state index contributed by atoms with van der Waals surface area (Å²) in [4.78, 5) is 3.37. The highest BCUT2D eigenvalue weighted by atomic mass is 32.1. The number of fused-ring (bicyclic) bond motifs is 1. The molecule has 3 heteroatoms. The number of nitrogens with two attached hydrogens (primary N) is 1. The van der Waals surface area contributed by atoms with E-state index in [1.54, 1.807) is 0 Å². The number of aromatic nitrogens is 1. The van der Waals surface area contributed by atoms with Gasteiger partial charge in [-0.25, -0.2) is 0 Å². The second-order valence-electron chi connectivity index (χ2n) is 6.42. The van der Waals surface area contributed by atoms with Gasteiger partial charge in [0.1, 0.15) is 0 Å². The van der Waals surface area contributed by atoms with Crippen molar-refractivity contribution < 1.29 is 0 Å². The quantitative estimate of drug-likeness (QED) is 0.594. The van der Waals surface area contributed by atoms with Gasteiger partial charge in [-0.3, -0.25) is 0 Å². The van der Waals surface area contributed by atoms with Crippen molar-refractivity contribution in [2.45, 2.75) is 31.4 Å². The van der Waals surface area contributed by atoms with E-state index >= 15 is 0 Å². The first-order valence-electron chi connectivity index (χ1n) is 8.09. The van der Waals surface area contributed by atoms with Crippen molar-refractivity contribution in [1.82, 2.24) is 4.98 Å². The highest BCUT2D eigenvalue weighted by Crippen LogP contribution is 2.40. The Labute approximate surface area is 143 Å². The summed E-state index contributed by atoms with van der Waals surface area (Å²) in [5.41, 5.74) is 12.3. The summed E-state index contributed by atoms with van der Waals surface area (Å²) in [6, 6.07) is 15.0. The molecule has 0 spiro atoms. The van der Waals surface area contributed by atoms with E-state index < -0.39 is 0 Å². The van der Waals surface area contributed by atoms with Crippen molar-refractivity contribution in [2.24, 2.45) is 5.73 Å². The lowest BCUT2D eigenvalue weighted by Crippen LogP contribution is -2.26. The highest BCUT2D eigenvalue weighted by Gasteiger charge is 2.30. The lowest BCUT2D eigenvalue weighted by molar-refractivity contribution is 0.579. The van der Waals surface area contributed by atoms with Crippen LogP contribution in [0, 0.1) is 13.8 Å². The van der Waals surface area contributed by atoms with Crippen LogP contribution < -0.4 is 5.73 Å². The second-order valence-corrected chi connectivity index (χ2v) is 7.28. The fourth-order valence-corrected chi connectivity index (χ4v) is 3.80. The molecule has 3 rings (SSSR count). The first-order valence-corrected chi connectivity index (χ1v) is 8.53. The summed E-state index contributed by atoms with van der Waals surface area (Å²) in [6.45, 7) is 4.92. The number of aromatic amines is 1. The Morgan fingerprint density at radius 1 is 1.13 bits per heavy atom. The van der Waals surface area contributed by atoms with Crippen LogP contribution in [0.25, 0.3) is 10.9 Å². The van der Waals surface area contributed by atoms with Crippen molar-refractivity contribution in [3.05, 3.63) is 70.9 Å². The molecule has 0 bridgehead atoms.